The fourth-order valence-corrected chi connectivity index (χ4v) is 1.92. The van der Waals surface area contributed by atoms with Crippen molar-refractivity contribution < 1.29 is 4.79 Å². The Morgan fingerprint density at radius 1 is 1.67 bits per heavy atom. The number of thioether (sulfide) groups is 1. The third kappa shape index (κ3) is 1.90. The van der Waals surface area contributed by atoms with Gasteiger partial charge in [0.1, 0.15) is 0 Å². The number of rotatable bonds is 0. The monoisotopic (exact) mass is 145 g/mol. The van der Waals surface area contributed by atoms with Crippen molar-refractivity contribution >= 4 is 17.0 Å². The molecule has 0 aromatic rings. The van der Waals surface area contributed by atoms with Gasteiger partial charge < -0.3 is 5.32 Å². The third-order valence-electron chi connectivity index (χ3n) is 1.40. The molecule has 2 nitrogen and oxygen atoms in total. The van der Waals surface area contributed by atoms with Crippen LogP contribution in [0.25, 0.3) is 0 Å². The molecule has 0 radical (unpaired) electrons. The summed E-state index contributed by atoms with van der Waals surface area (Å²) in [4.78, 5) is 10.7. The molecule has 3 heteroatoms. The summed E-state index contributed by atoms with van der Waals surface area (Å²) in [6, 6.07) is 0. The Bertz CT molecular complexity index is 133. The lowest BCUT2D eigenvalue weighted by molar-refractivity contribution is 0.248. The van der Waals surface area contributed by atoms with Gasteiger partial charge in [0, 0.05) is 11.3 Å². The highest BCUT2D eigenvalue weighted by molar-refractivity contribution is 8.13. The molecule has 0 aromatic carbocycles. The Morgan fingerprint density at radius 2 is 2.33 bits per heavy atom. The first-order valence-electron chi connectivity index (χ1n) is 3.05. The highest BCUT2D eigenvalue weighted by Crippen LogP contribution is 2.20. The first kappa shape index (κ1) is 6.93. The molecule has 0 unspecified atom stereocenters. The van der Waals surface area contributed by atoms with Gasteiger partial charge in [0.25, 0.3) is 5.24 Å². The van der Waals surface area contributed by atoms with E-state index in [1.54, 1.807) is 0 Å². The van der Waals surface area contributed by atoms with Gasteiger partial charge in [-0.2, -0.15) is 0 Å². The van der Waals surface area contributed by atoms with Crippen molar-refractivity contribution in [2.24, 2.45) is 0 Å². The maximum Gasteiger partial charge on any atom is 0.279 e. The van der Waals surface area contributed by atoms with Crippen molar-refractivity contribution in [3.8, 4) is 0 Å². The van der Waals surface area contributed by atoms with E-state index in [1.807, 2.05) is 13.8 Å². The summed E-state index contributed by atoms with van der Waals surface area (Å²) in [5.41, 5.74) is 0.0301. The number of hydrogen-bond acceptors (Lipinski definition) is 2. The number of carbonyl (C=O) groups excluding carboxylic acids is 1. The highest BCUT2D eigenvalue weighted by Gasteiger charge is 2.24. The summed E-state index contributed by atoms with van der Waals surface area (Å²) in [6.45, 7) is 4.09. The van der Waals surface area contributed by atoms with Crippen LogP contribution in [-0.2, 0) is 0 Å². The normalized spacial score (nSPS) is 25.3. The van der Waals surface area contributed by atoms with Crippen LogP contribution in [0.1, 0.15) is 20.3 Å². The zero-order valence-electron chi connectivity index (χ0n) is 5.73. The van der Waals surface area contributed by atoms with Crippen LogP contribution in [0.4, 0.5) is 4.79 Å². The minimum atomic E-state index is 0.0301. The SMILES string of the molecule is CC1(C)CCSC(=O)N1. The summed E-state index contributed by atoms with van der Waals surface area (Å²) in [5, 5.41) is 3.00. The van der Waals surface area contributed by atoms with E-state index in [-0.39, 0.29) is 10.8 Å². The van der Waals surface area contributed by atoms with Crippen molar-refractivity contribution in [3.05, 3.63) is 0 Å². The summed E-state index contributed by atoms with van der Waals surface area (Å²) in [6.07, 6.45) is 1.07. The molecule has 1 amide bonds. The standard InChI is InChI=1S/C6H11NOS/c1-6(2)3-4-9-5(8)7-6/h3-4H2,1-2H3,(H,7,8). The predicted molar refractivity (Wildman–Crippen MR) is 39.7 cm³/mol. The van der Waals surface area contributed by atoms with Crippen LogP contribution in [-0.4, -0.2) is 16.5 Å². The zero-order chi connectivity index (χ0) is 6.91. The smallest absolute Gasteiger partial charge is 0.279 e. The summed E-state index contributed by atoms with van der Waals surface area (Å²) in [5.74, 6) is 0.957. The molecule has 0 aliphatic carbocycles. The van der Waals surface area contributed by atoms with Gasteiger partial charge in [0.2, 0.25) is 0 Å². The third-order valence-corrected chi connectivity index (χ3v) is 2.17. The molecule has 0 bridgehead atoms. The number of nitrogens with one attached hydrogen (secondary N) is 1. The summed E-state index contributed by atoms with van der Waals surface area (Å²) in [7, 11) is 0. The maximum absolute atomic E-state index is 10.7. The maximum atomic E-state index is 10.7. The van der Waals surface area contributed by atoms with E-state index in [9.17, 15) is 4.79 Å². The Balaban J connectivity index is 2.51. The second kappa shape index (κ2) is 2.21. The van der Waals surface area contributed by atoms with Crippen molar-refractivity contribution in [1.82, 2.24) is 5.32 Å². The second-order valence-electron chi connectivity index (χ2n) is 2.89. The summed E-state index contributed by atoms with van der Waals surface area (Å²) >= 11 is 1.37. The molecule has 52 valence electrons. The molecule has 0 spiro atoms. The fourth-order valence-electron chi connectivity index (χ4n) is 0.774. The molecule has 1 fully saturated rings. The number of amides is 1. The van der Waals surface area contributed by atoms with E-state index in [0.29, 0.717) is 0 Å². The first-order chi connectivity index (χ1) is 4.10. The van der Waals surface area contributed by atoms with Crippen molar-refractivity contribution in [2.45, 2.75) is 25.8 Å². The van der Waals surface area contributed by atoms with E-state index in [2.05, 4.69) is 5.32 Å². The van der Waals surface area contributed by atoms with Gasteiger partial charge in [0.05, 0.1) is 0 Å². The first-order valence-corrected chi connectivity index (χ1v) is 4.04. The molecular formula is C6H11NOS. The van der Waals surface area contributed by atoms with Gasteiger partial charge >= 0.3 is 0 Å². The van der Waals surface area contributed by atoms with Crippen LogP contribution in [0, 0.1) is 0 Å². The minimum absolute atomic E-state index is 0.0301. The number of carbonyl (C=O) groups is 1. The van der Waals surface area contributed by atoms with E-state index in [4.69, 9.17) is 0 Å². The number of hydrogen-bond donors (Lipinski definition) is 1. The van der Waals surface area contributed by atoms with Crippen LogP contribution in [0.3, 0.4) is 0 Å². The summed E-state index contributed by atoms with van der Waals surface area (Å²) < 4.78 is 0. The highest BCUT2D eigenvalue weighted by atomic mass is 32.2. The Hall–Kier alpha value is -0.180. The van der Waals surface area contributed by atoms with E-state index < -0.39 is 0 Å². The topological polar surface area (TPSA) is 29.1 Å². The second-order valence-corrected chi connectivity index (χ2v) is 3.96. The minimum Gasteiger partial charge on any atom is -0.342 e. The molecule has 0 atom stereocenters. The van der Waals surface area contributed by atoms with Crippen molar-refractivity contribution in [3.63, 3.8) is 0 Å². The molecule has 0 aromatic heterocycles. The zero-order valence-corrected chi connectivity index (χ0v) is 6.55. The molecule has 1 aliphatic heterocycles. The fraction of sp³-hybridized carbons (Fsp3) is 0.833. The average Bonchev–Trinajstić information content (AvgIpc) is 1.60. The van der Waals surface area contributed by atoms with Crippen LogP contribution >= 0.6 is 11.8 Å². The van der Waals surface area contributed by atoms with Crippen LogP contribution in [0.15, 0.2) is 0 Å². The van der Waals surface area contributed by atoms with Gasteiger partial charge in [-0.3, -0.25) is 4.79 Å². The lowest BCUT2D eigenvalue weighted by atomic mass is 10.0. The molecule has 1 N–H and O–H groups in total. The van der Waals surface area contributed by atoms with Gasteiger partial charge in [-0.25, -0.2) is 0 Å². The Labute approximate surface area is 59.4 Å². The van der Waals surface area contributed by atoms with E-state index >= 15 is 0 Å². The predicted octanol–water partition coefficient (Wildman–Crippen LogP) is 1.61. The molecule has 1 aliphatic rings. The largest absolute Gasteiger partial charge is 0.342 e. The molecule has 0 saturated carbocycles. The van der Waals surface area contributed by atoms with E-state index in [0.717, 1.165) is 12.2 Å². The quantitative estimate of drug-likeness (QED) is 0.561. The van der Waals surface area contributed by atoms with Crippen LogP contribution in [0.5, 0.6) is 0 Å². The van der Waals surface area contributed by atoms with Gasteiger partial charge in [-0.15, -0.1) is 0 Å². The Morgan fingerprint density at radius 3 is 2.67 bits per heavy atom. The van der Waals surface area contributed by atoms with Gasteiger partial charge in [-0.05, 0) is 20.3 Å². The van der Waals surface area contributed by atoms with Crippen molar-refractivity contribution in [1.29, 1.82) is 0 Å². The Kier molecular flexibility index (Phi) is 1.70. The van der Waals surface area contributed by atoms with Gasteiger partial charge in [-0.1, -0.05) is 11.8 Å². The molecule has 1 rings (SSSR count). The van der Waals surface area contributed by atoms with Crippen LogP contribution in [0.2, 0.25) is 0 Å². The molecular weight excluding hydrogens is 134 g/mol. The average molecular weight is 145 g/mol. The molecule has 9 heavy (non-hydrogen) atoms. The molecule has 1 heterocycles. The molecule has 1 saturated heterocycles. The van der Waals surface area contributed by atoms with Crippen molar-refractivity contribution in [2.75, 3.05) is 5.75 Å². The lowest BCUT2D eigenvalue weighted by Crippen LogP contribution is -2.45. The van der Waals surface area contributed by atoms with Crippen LogP contribution < -0.4 is 5.32 Å². The lowest BCUT2D eigenvalue weighted by Gasteiger charge is -2.29. The van der Waals surface area contributed by atoms with E-state index in [1.165, 1.54) is 11.8 Å². The van der Waals surface area contributed by atoms with Gasteiger partial charge in [0.15, 0.2) is 0 Å².